The Morgan fingerprint density at radius 2 is 2.05 bits per heavy atom. The molecule has 0 spiro atoms. The second-order valence-corrected chi connectivity index (χ2v) is 4.23. The van der Waals surface area contributed by atoms with Crippen LogP contribution in [0.25, 0.3) is 0 Å². The number of halogens is 1. The summed E-state index contributed by atoms with van der Waals surface area (Å²) in [7, 11) is 0. The van der Waals surface area contributed by atoms with E-state index < -0.39 is 0 Å². The number of aliphatic hydroxyl groups excluding tert-OH is 2. The number of nitrogens with zero attached hydrogens (tertiary/aromatic N) is 2. The van der Waals surface area contributed by atoms with Gasteiger partial charge in [-0.15, -0.1) is 0 Å². The summed E-state index contributed by atoms with van der Waals surface area (Å²) in [5, 5.41) is 21.1. The van der Waals surface area contributed by atoms with E-state index in [9.17, 15) is 4.79 Å². The van der Waals surface area contributed by atoms with E-state index in [0.717, 1.165) is 0 Å². The number of amides is 1. The van der Waals surface area contributed by atoms with Crippen LogP contribution in [0.2, 0.25) is 5.02 Å². The van der Waals surface area contributed by atoms with Crippen molar-refractivity contribution >= 4 is 23.3 Å². The number of anilines is 1. The summed E-state index contributed by atoms with van der Waals surface area (Å²) >= 11 is 6.02. The molecule has 0 atom stereocenters. The molecule has 0 radical (unpaired) electrons. The highest BCUT2D eigenvalue weighted by molar-refractivity contribution is 6.33. The number of hydrogen-bond donors (Lipinski definition) is 3. The van der Waals surface area contributed by atoms with Crippen molar-refractivity contribution in [3.8, 4) is 0 Å². The third-order valence-electron chi connectivity index (χ3n) is 2.46. The highest BCUT2D eigenvalue weighted by atomic mass is 35.5. The predicted octanol–water partition coefficient (Wildman–Crippen LogP) is 0.594. The fourth-order valence-corrected chi connectivity index (χ4v) is 1.82. The molecule has 106 valence electrons. The van der Waals surface area contributed by atoms with Crippen LogP contribution in [-0.2, 0) is 0 Å². The number of nitrogens with one attached hydrogen (secondary N) is 1. The van der Waals surface area contributed by atoms with Crippen LogP contribution in [0, 0.1) is 0 Å². The summed E-state index contributed by atoms with van der Waals surface area (Å²) in [5.41, 5.74) is 0.327. The number of hydrogen-bond acceptors (Lipinski definition) is 5. The molecule has 1 amide bonds. The molecule has 6 nitrogen and oxygen atoms in total. The van der Waals surface area contributed by atoms with E-state index in [1.807, 2.05) is 6.92 Å². The average molecular weight is 288 g/mol. The fourth-order valence-electron chi connectivity index (χ4n) is 1.59. The van der Waals surface area contributed by atoms with Crippen molar-refractivity contribution in [1.82, 2.24) is 9.88 Å². The first-order valence-corrected chi connectivity index (χ1v) is 6.42. The minimum atomic E-state index is -0.319. The second kappa shape index (κ2) is 7.93. The highest BCUT2D eigenvalue weighted by Crippen LogP contribution is 2.20. The highest BCUT2D eigenvalue weighted by Gasteiger charge is 2.16. The van der Waals surface area contributed by atoms with E-state index in [1.54, 1.807) is 0 Å². The minimum absolute atomic E-state index is 0.159. The standard InChI is InChI=1S/C12H18ClN3O3/c1-2-14-11-10(13)7-9(8-15-11)12(19)16(3-5-17)4-6-18/h7-8,17-18H,2-6H2,1H3,(H,14,15). The van der Waals surface area contributed by atoms with Crippen molar-refractivity contribution in [2.24, 2.45) is 0 Å². The molecule has 1 rings (SSSR count). The lowest BCUT2D eigenvalue weighted by Crippen LogP contribution is -2.35. The van der Waals surface area contributed by atoms with Crippen molar-refractivity contribution in [2.75, 3.05) is 38.2 Å². The van der Waals surface area contributed by atoms with Crippen molar-refractivity contribution in [3.05, 3.63) is 22.8 Å². The molecule has 0 saturated heterocycles. The SMILES string of the molecule is CCNc1ncc(C(=O)N(CCO)CCO)cc1Cl. The van der Waals surface area contributed by atoms with Crippen LogP contribution in [0.4, 0.5) is 5.82 Å². The zero-order chi connectivity index (χ0) is 14.3. The van der Waals surface area contributed by atoms with Crippen molar-refractivity contribution in [3.63, 3.8) is 0 Å². The lowest BCUT2D eigenvalue weighted by atomic mass is 10.2. The molecule has 0 unspecified atom stereocenters. The normalized spacial score (nSPS) is 10.3. The molecular formula is C12H18ClN3O3. The number of carbonyl (C=O) groups is 1. The first-order valence-electron chi connectivity index (χ1n) is 6.04. The third-order valence-corrected chi connectivity index (χ3v) is 2.75. The van der Waals surface area contributed by atoms with Gasteiger partial charge >= 0.3 is 0 Å². The van der Waals surface area contributed by atoms with Gasteiger partial charge in [-0.25, -0.2) is 4.98 Å². The molecule has 0 bridgehead atoms. The Hall–Kier alpha value is -1.37. The summed E-state index contributed by atoms with van der Waals surface area (Å²) in [6.07, 6.45) is 1.42. The van der Waals surface area contributed by atoms with E-state index in [4.69, 9.17) is 21.8 Å². The Balaban J connectivity index is 2.88. The Morgan fingerprint density at radius 1 is 1.42 bits per heavy atom. The van der Waals surface area contributed by atoms with E-state index in [0.29, 0.717) is 22.9 Å². The summed E-state index contributed by atoms with van der Waals surface area (Å²) in [4.78, 5) is 17.6. The molecule has 0 saturated carbocycles. The summed E-state index contributed by atoms with van der Waals surface area (Å²) in [5.74, 6) is 0.206. The van der Waals surface area contributed by atoms with Crippen molar-refractivity contribution in [2.45, 2.75) is 6.92 Å². The molecule has 3 N–H and O–H groups in total. The van der Waals surface area contributed by atoms with Crippen molar-refractivity contribution < 1.29 is 15.0 Å². The fraction of sp³-hybridized carbons (Fsp3) is 0.500. The molecule has 1 aromatic heterocycles. The van der Waals surface area contributed by atoms with Crippen LogP contribution in [0.1, 0.15) is 17.3 Å². The average Bonchev–Trinajstić information content (AvgIpc) is 2.40. The van der Waals surface area contributed by atoms with Gasteiger partial charge in [-0.2, -0.15) is 0 Å². The van der Waals surface area contributed by atoms with Crippen molar-refractivity contribution in [1.29, 1.82) is 0 Å². The molecule has 0 fully saturated rings. The van der Waals surface area contributed by atoms with E-state index >= 15 is 0 Å². The van der Waals surface area contributed by atoms with Gasteiger partial charge in [0, 0.05) is 25.8 Å². The lowest BCUT2D eigenvalue weighted by molar-refractivity contribution is 0.0684. The summed E-state index contributed by atoms with van der Waals surface area (Å²) in [6, 6.07) is 1.52. The zero-order valence-corrected chi connectivity index (χ0v) is 11.5. The number of aliphatic hydroxyl groups is 2. The van der Waals surface area contributed by atoms with Gasteiger partial charge in [-0.05, 0) is 13.0 Å². The van der Waals surface area contributed by atoms with Gasteiger partial charge in [0.1, 0.15) is 5.82 Å². The topological polar surface area (TPSA) is 85.7 Å². The van der Waals surface area contributed by atoms with E-state index in [-0.39, 0.29) is 32.2 Å². The Morgan fingerprint density at radius 3 is 2.53 bits per heavy atom. The van der Waals surface area contributed by atoms with Crippen LogP contribution < -0.4 is 5.32 Å². The number of carbonyl (C=O) groups excluding carboxylic acids is 1. The number of aromatic nitrogens is 1. The maximum Gasteiger partial charge on any atom is 0.255 e. The van der Waals surface area contributed by atoms with E-state index in [2.05, 4.69) is 10.3 Å². The quantitative estimate of drug-likeness (QED) is 0.683. The van der Waals surface area contributed by atoms with Gasteiger partial charge in [0.05, 0.1) is 23.8 Å². The molecule has 0 aliphatic heterocycles. The predicted molar refractivity (Wildman–Crippen MR) is 73.5 cm³/mol. The first-order chi connectivity index (χ1) is 9.13. The van der Waals surface area contributed by atoms with Gasteiger partial charge in [0.2, 0.25) is 0 Å². The monoisotopic (exact) mass is 287 g/mol. The molecule has 0 aliphatic carbocycles. The number of rotatable bonds is 7. The smallest absolute Gasteiger partial charge is 0.255 e. The van der Waals surface area contributed by atoms with E-state index in [1.165, 1.54) is 17.2 Å². The Kier molecular flexibility index (Phi) is 6.55. The maximum absolute atomic E-state index is 12.1. The van der Waals surface area contributed by atoms with Crippen LogP contribution >= 0.6 is 11.6 Å². The molecule has 19 heavy (non-hydrogen) atoms. The summed E-state index contributed by atoms with van der Waals surface area (Å²) < 4.78 is 0. The molecule has 7 heteroatoms. The first kappa shape index (κ1) is 15.7. The van der Waals surface area contributed by atoms with Gasteiger partial charge in [-0.3, -0.25) is 4.79 Å². The van der Waals surface area contributed by atoms with Gasteiger partial charge in [0.15, 0.2) is 0 Å². The largest absolute Gasteiger partial charge is 0.395 e. The van der Waals surface area contributed by atoms with Crippen LogP contribution in [0.15, 0.2) is 12.3 Å². The Labute approximate surface area is 117 Å². The Bertz CT molecular complexity index is 423. The molecule has 0 aromatic carbocycles. The van der Waals surface area contributed by atoms with Gasteiger partial charge in [-0.1, -0.05) is 11.6 Å². The molecular weight excluding hydrogens is 270 g/mol. The molecule has 0 aliphatic rings. The van der Waals surface area contributed by atoms with Gasteiger partial charge in [0.25, 0.3) is 5.91 Å². The molecule has 1 heterocycles. The lowest BCUT2D eigenvalue weighted by Gasteiger charge is -2.20. The zero-order valence-electron chi connectivity index (χ0n) is 10.8. The van der Waals surface area contributed by atoms with Crippen LogP contribution in [0.3, 0.4) is 0 Å². The minimum Gasteiger partial charge on any atom is -0.395 e. The maximum atomic E-state index is 12.1. The second-order valence-electron chi connectivity index (χ2n) is 3.82. The van der Waals surface area contributed by atoms with Crippen LogP contribution in [0.5, 0.6) is 0 Å². The number of pyridine rings is 1. The van der Waals surface area contributed by atoms with Gasteiger partial charge < -0.3 is 20.4 Å². The third kappa shape index (κ3) is 4.34. The summed E-state index contributed by atoms with van der Waals surface area (Å²) in [6.45, 7) is 2.59. The van der Waals surface area contributed by atoms with Crippen LogP contribution in [-0.4, -0.2) is 58.9 Å². The molecule has 1 aromatic rings.